The van der Waals surface area contributed by atoms with Crippen molar-refractivity contribution in [3.8, 4) is 0 Å². The van der Waals surface area contributed by atoms with Crippen LogP contribution in [-0.2, 0) is 23.7 Å². The molecule has 9 N–H and O–H groups in total. The molecule has 0 aromatic rings. The predicted molar refractivity (Wildman–Crippen MR) is 415 cm³/mol. The summed E-state index contributed by atoms with van der Waals surface area (Å²) in [7, 11) is 0. The number of allylic oxidation sites excluding steroid dienone is 5. The summed E-state index contributed by atoms with van der Waals surface area (Å²) in [6.07, 6.45) is 76.9. The number of aliphatic hydroxyl groups is 8. The molecule has 14 nitrogen and oxygen atoms in total. The Bertz CT molecular complexity index is 1820. The molecule has 0 radical (unpaired) electrons. The standard InChI is InChI=1S/C86H163NO13/c1-3-5-7-9-11-13-15-17-19-21-23-25-27-29-31-33-35-37-38-40-42-44-46-48-50-52-54-56-58-60-62-64-66-68-70-78(91)87-74(73-97-85-83(96)81(94)84(77(72-89)99-85)100-86-82(95)80(93)79(92)76(71-88)98-86)75(90)69-67-65-63-61-59-57-55-53-51-49-47-45-43-41-39-36-34-32-30-28-26-24-22-20-18-16-14-12-10-8-6-4-2/h51,53,59,61,67,69,74-77,79-86,88-90,92-96H,3-50,52,54-58,60,62-66,68,70-73H2,1-2H3,(H,87,91)/b53-51+,61-59+,69-67+. The first-order valence-electron chi connectivity index (χ1n) is 43.2. The van der Waals surface area contributed by atoms with Crippen LogP contribution in [0.4, 0.5) is 0 Å². The number of aliphatic hydroxyl groups excluding tert-OH is 8. The van der Waals surface area contributed by atoms with E-state index < -0.39 is 86.8 Å². The van der Waals surface area contributed by atoms with Crippen molar-refractivity contribution in [2.75, 3.05) is 19.8 Å². The summed E-state index contributed by atoms with van der Waals surface area (Å²) in [4.78, 5) is 13.4. The number of carbonyl (C=O) groups excluding carboxylic acids is 1. The average molecular weight is 1420 g/mol. The zero-order valence-corrected chi connectivity index (χ0v) is 65.0. The van der Waals surface area contributed by atoms with Crippen molar-refractivity contribution in [1.82, 2.24) is 5.32 Å². The van der Waals surface area contributed by atoms with Gasteiger partial charge in [-0.15, -0.1) is 0 Å². The lowest BCUT2D eigenvalue weighted by atomic mass is 9.97. The molecule has 12 unspecified atom stereocenters. The fraction of sp³-hybridized carbons (Fsp3) is 0.919. The second kappa shape index (κ2) is 70.2. The number of rotatable bonds is 74. The number of unbranched alkanes of at least 4 members (excludes halogenated alkanes) is 57. The van der Waals surface area contributed by atoms with Crippen LogP contribution in [0.15, 0.2) is 36.5 Å². The Labute approximate surface area is 614 Å². The Kier molecular flexibility index (Phi) is 66.2. The normalized spacial score (nSPS) is 21.9. The highest BCUT2D eigenvalue weighted by atomic mass is 16.7. The largest absolute Gasteiger partial charge is 0.394 e. The van der Waals surface area contributed by atoms with Crippen molar-refractivity contribution in [2.45, 2.75) is 485 Å². The third-order valence-electron chi connectivity index (χ3n) is 21.3. The van der Waals surface area contributed by atoms with Gasteiger partial charge >= 0.3 is 0 Å². The van der Waals surface area contributed by atoms with E-state index in [0.29, 0.717) is 12.8 Å². The van der Waals surface area contributed by atoms with E-state index in [-0.39, 0.29) is 18.9 Å². The molecule has 2 aliphatic rings. The molecule has 0 aliphatic carbocycles. The van der Waals surface area contributed by atoms with Gasteiger partial charge < -0.3 is 65.1 Å². The number of nitrogens with one attached hydrogen (secondary N) is 1. The minimum Gasteiger partial charge on any atom is -0.394 e. The van der Waals surface area contributed by atoms with Gasteiger partial charge in [-0.1, -0.05) is 397 Å². The Morgan fingerprint density at radius 1 is 0.350 bits per heavy atom. The van der Waals surface area contributed by atoms with Gasteiger partial charge in [-0.2, -0.15) is 0 Å². The summed E-state index contributed by atoms with van der Waals surface area (Å²) in [6, 6.07) is -0.939. The molecule has 2 saturated heterocycles. The molecule has 590 valence electrons. The van der Waals surface area contributed by atoms with Gasteiger partial charge in [-0.05, 0) is 44.9 Å². The van der Waals surface area contributed by atoms with Crippen molar-refractivity contribution in [3.63, 3.8) is 0 Å². The molecule has 14 heteroatoms. The smallest absolute Gasteiger partial charge is 0.220 e. The SMILES string of the molecule is CCCCCCCCCCCCCCCCCCCCCCCC/C=C/CC/C=C/CC/C=C/C(O)C(COC1OC(CO)C(OC2OC(CO)C(O)C(O)C2O)C(O)C1O)NC(=O)CCCCCCCCCCCCCCCCCCCCCCCCCCCCCCCCCCCC. The van der Waals surface area contributed by atoms with E-state index >= 15 is 0 Å². The van der Waals surface area contributed by atoms with Crippen molar-refractivity contribution >= 4 is 5.91 Å². The van der Waals surface area contributed by atoms with Crippen LogP contribution < -0.4 is 5.32 Å². The average Bonchev–Trinajstić information content (AvgIpc) is 0.791. The lowest BCUT2D eigenvalue weighted by Gasteiger charge is -2.46. The van der Waals surface area contributed by atoms with Crippen molar-refractivity contribution in [1.29, 1.82) is 0 Å². The number of carbonyl (C=O) groups is 1. The molecule has 0 aromatic heterocycles. The van der Waals surface area contributed by atoms with Gasteiger partial charge in [0.1, 0.15) is 48.8 Å². The minimum atomic E-state index is -1.79. The summed E-state index contributed by atoms with van der Waals surface area (Å²) in [5, 5.41) is 87.7. The number of ether oxygens (including phenoxy) is 4. The van der Waals surface area contributed by atoms with Crippen LogP contribution in [0.2, 0.25) is 0 Å². The number of hydrogen-bond acceptors (Lipinski definition) is 13. The Balaban J connectivity index is 1.60. The summed E-state index contributed by atoms with van der Waals surface area (Å²) in [5.74, 6) is -0.244. The van der Waals surface area contributed by atoms with Gasteiger partial charge in [0, 0.05) is 6.42 Å². The van der Waals surface area contributed by atoms with E-state index in [1.54, 1.807) is 6.08 Å². The van der Waals surface area contributed by atoms with Crippen LogP contribution in [-0.4, -0.2) is 140 Å². The van der Waals surface area contributed by atoms with Gasteiger partial charge in [-0.25, -0.2) is 0 Å². The highest BCUT2D eigenvalue weighted by molar-refractivity contribution is 5.76. The van der Waals surface area contributed by atoms with Crippen molar-refractivity contribution in [3.05, 3.63) is 36.5 Å². The van der Waals surface area contributed by atoms with Gasteiger partial charge in [0.05, 0.1) is 32.0 Å². The second-order valence-electron chi connectivity index (χ2n) is 30.7. The highest BCUT2D eigenvalue weighted by Crippen LogP contribution is 2.31. The quantitative estimate of drug-likeness (QED) is 0.0204. The molecule has 0 aromatic carbocycles. The van der Waals surface area contributed by atoms with Gasteiger partial charge in [0.2, 0.25) is 5.91 Å². The molecule has 100 heavy (non-hydrogen) atoms. The van der Waals surface area contributed by atoms with E-state index in [4.69, 9.17) is 18.9 Å². The first-order chi connectivity index (χ1) is 49.1. The maximum atomic E-state index is 13.4. The fourth-order valence-electron chi connectivity index (χ4n) is 14.5. The molecule has 0 saturated carbocycles. The van der Waals surface area contributed by atoms with Crippen LogP contribution in [0.1, 0.15) is 412 Å². The molecule has 2 aliphatic heterocycles. The first kappa shape index (κ1) is 94.3. The summed E-state index contributed by atoms with van der Waals surface area (Å²) in [5.41, 5.74) is 0. The molecule has 0 bridgehead atoms. The third-order valence-corrected chi connectivity index (χ3v) is 21.3. The molecule has 2 heterocycles. The van der Waals surface area contributed by atoms with Crippen LogP contribution in [0, 0.1) is 0 Å². The predicted octanol–water partition coefficient (Wildman–Crippen LogP) is 20.4. The number of amides is 1. The van der Waals surface area contributed by atoms with Crippen LogP contribution in [0.5, 0.6) is 0 Å². The Morgan fingerprint density at radius 2 is 0.640 bits per heavy atom. The topological polar surface area (TPSA) is 228 Å². The van der Waals surface area contributed by atoms with E-state index in [9.17, 15) is 45.6 Å². The van der Waals surface area contributed by atoms with Crippen LogP contribution in [0.3, 0.4) is 0 Å². The van der Waals surface area contributed by atoms with E-state index in [1.807, 2.05) is 6.08 Å². The van der Waals surface area contributed by atoms with Crippen LogP contribution in [0.25, 0.3) is 0 Å². The van der Waals surface area contributed by atoms with Crippen molar-refractivity contribution < 1.29 is 64.6 Å². The lowest BCUT2D eigenvalue weighted by molar-refractivity contribution is -0.359. The van der Waals surface area contributed by atoms with E-state index in [2.05, 4.69) is 43.5 Å². The Hall–Kier alpha value is -1.79. The van der Waals surface area contributed by atoms with E-state index in [0.717, 1.165) is 44.9 Å². The molecule has 2 fully saturated rings. The fourth-order valence-corrected chi connectivity index (χ4v) is 14.5. The summed E-state index contributed by atoms with van der Waals surface area (Å²) in [6.45, 7) is 2.85. The lowest BCUT2D eigenvalue weighted by Crippen LogP contribution is -2.65. The van der Waals surface area contributed by atoms with Gasteiger partial charge in [-0.3, -0.25) is 4.79 Å². The minimum absolute atomic E-state index is 0.244. The van der Waals surface area contributed by atoms with Gasteiger partial charge in [0.15, 0.2) is 12.6 Å². The van der Waals surface area contributed by atoms with Crippen LogP contribution >= 0.6 is 0 Å². The third kappa shape index (κ3) is 52.2. The summed E-state index contributed by atoms with van der Waals surface area (Å²) < 4.78 is 22.9. The van der Waals surface area contributed by atoms with Gasteiger partial charge in [0.25, 0.3) is 0 Å². The number of hydrogen-bond donors (Lipinski definition) is 9. The van der Waals surface area contributed by atoms with Crippen molar-refractivity contribution in [2.24, 2.45) is 0 Å². The first-order valence-corrected chi connectivity index (χ1v) is 43.2. The zero-order valence-electron chi connectivity index (χ0n) is 65.0. The molecular formula is C86H163NO13. The molecule has 2 rings (SSSR count). The highest BCUT2D eigenvalue weighted by Gasteiger charge is 2.51. The van der Waals surface area contributed by atoms with E-state index in [1.165, 1.54) is 334 Å². The maximum Gasteiger partial charge on any atom is 0.220 e. The molecule has 0 spiro atoms. The zero-order chi connectivity index (χ0) is 72.2. The molecular weight excluding hydrogens is 1250 g/mol. The Morgan fingerprint density at radius 3 is 0.980 bits per heavy atom. The molecule has 1 amide bonds. The summed E-state index contributed by atoms with van der Waals surface area (Å²) >= 11 is 0. The molecule has 12 atom stereocenters. The maximum absolute atomic E-state index is 13.4. The second-order valence-corrected chi connectivity index (χ2v) is 30.7. The monoisotopic (exact) mass is 1420 g/mol.